The second-order valence-corrected chi connectivity index (χ2v) is 12.3. The van der Waals surface area contributed by atoms with E-state index in [0.717, 1.165) is 5.56 Å². The van der Waals surface area contributed by atoms with Crippen LogP contribution in [0.5, 0.6) is 0 Å². The molecule has 1 unspecified atom stereocenters. The molecular formula is C32H46N14O8. The van der Waals surface area contributed by atoms with Gasteiger partial charge in [-0.05, 0) is 49.6 Å². The molecule has 292 valence electrons. The number of hydrogen-bond acceptors (Lipinski definition) is 11. The minimum atomic E-state index is -1.51. The molecule has 0 fully saturated rings. The van der Waals surface area contributed by atoms with Crippen molar-refractivity contribution >= 4 is 41.5 Å². The predicted molar refractivity (Wildman–Crippen MR) is 191 cm³/mol. The van der Waals surface area contributed by atoms with Gasteiger partial charge in [-0.1, -0.05) is 40.7 Å². The van der Waals surface area contributed by atoms with Crippen molar-refractivity contribution in [2.75, 3.05) is 33.4 Å². The fourth-order valence-corrected chi connectivity index (χ4v) is 5.47. The SMILES string of the molecule is COCC(N=[N+]=[N-])C(=O)NCCCC[C@H]1C(=O)N[C@@H](CCCN=C(N)N)C(=O)NCC(=O)N[C@@H](CC(=O)O)C(=O)N[C@@H](Cc2ccccc2)c2cn1nn2. The first-order chi connectivity index (χ1) is 25.9. The standard InChI is InChI=1S/C32H46N14O8/c1-54-18-24(42-44-35)29(51)36-12-6-5-11-25-31(53)40-20(10-7-13-37-32(33)34)28(50)38-16-26(47)39-22(15-27(48)49)30(52)41-21(23-17-46(25)45-43-23)14-19-8-3-2-4-9-19/h2-4,8-9,17,20-22,24-25H,5-7,10-16,18H2,1H3,(H,36,51)(H,38,50)(H,39,47)(H,40,53)(H,41,52)(H,48,49)(H4,33,34,37)/t20-,21-,22-,24?,25-/m0/s1. The van der Waals surface area contributed by atoms with E-state index < -0.39 is 78.7 Å². The molecule has 2 aromatic rings. The van der Waals surface area contributed by atoms with E-state index in [1.807, 2.05) is 18.2 Å². The second-order valence-electron chi connectivity index (χ2n) is 12.3. The van der Waals surface area contributed by atoms with Crippen LogP contribution >= 0.6 is 0 Å². The van der Waals surface area contributed by atoms with Crippen LogP contribution < -0.4 is 38.1 Å². The summed E-state index contributed by atoms with van der Waals surface area (Å²) in [6, 6.07) is 3.42. The first-order valence-electron chi connectivity index (χ1n) is 17.1. The summed E-state index contributed by atoms with van der Waals surface area (Å²) in [4.78, 5) is 84.4. The number of nitrogens with two attached hydrogens (primary N) is 2. The molecule has 2 heterocycles. The average molecular weight is 755 g/mol. The summed E-state index contributed by atoms with van der Waals surface area (Å²) >= 11 is 0. The van der Waals surface area contributed by atoms with Gasteiger partial charge in [0.1, 0.15) is 29.9 Å². The van der Waals surface area contributed by atoms with E-state index in [9.17, 15) is 33.9 Å². The minimum Gasteiger partial charge on any atom is -0.481 e. The van der Waals surface area contributed by atoms with Gasteiger partial charge in [-0.15, -0.1) is 5.10 Å². The molecule has 22 heteroatoms. The number of methoxy groups -OCH3 is 1. The maximum absolute atomic E-state index is 14.0. The number of carbonyl (C=O) groups excluding carboxylic acids is 5. The number of ether oxygens (including phenoxy) is 1. The van der Waals surface area contributed by atoms with Crippen LogP contribution in [0.15, 0.2) is 46.6 Å². The maximum Gasteiger partial charge on any atom is 0.305 e. The van der Waals surface area contributed by atoms with Crippen LogP contribution in [-0.4, -0.2) is 113 Å². The number of aliphatic imine (C=N–C) groups is 1. The number of fused-ring (bicyclic) bond motifs is 2. The van der Waals surface area contributed by atoms with Gasteiger partial charge in [-0.3, -0.25) is 33.8 Å². The Morgan fingerprint density at radius 2 is 1.78 bits per heavy atom. The van der Waals surface area contributed by atoms with Crippen molar-refractivity contribution in [3.8, 4) is 0 Å². The number of nitrogens with zero attached hydrogens (tertiary/aromatic N) is 7. The molecule has 0 saturated heterocycles. The normalized spacial score (nSPS) is 19.9. The number of nitrogens with one attached hydrogen (secondary N) is 5. The highest BCUT2D eigenvalue weighted by Gasteiger charge is 2.32. The summed E-state index contributed by atoms with van der Waals surface area (Å²) in [5, 5.41) is 34.4. The number of benzene rings is 1. The molecule has 0 saturated carbocycles. The second kappa shape index (κ2) is 21.9. The van der Waals surface area contributed by atoms with Crippen molar-refractivity contribution in [3.63, 3.8) is 0 Å². The van der Waals surface area contributed by atoms with Gasteiger partial charge in [-0.25, -0.2) is 4.68 Å². The number of aromatic nitrogens is 3. The number of carbonyl (C=O) groups is 6. The van der Waals surface area contributed by atoms with Crippen molar-refractivity contribution in [3.05, 3.63) is 58.2 Å². The number of rotatable bonds is 17. The lowest BCUT2D eigenvalue weighted by atomic mass is 10.0. The largest absolute Gasteiger partial charge is 0.481 e. The number of aliphatic carboxylic acids is 1. The maximum atomic E-state index is 14.0. The summed E-state index contributed by atoms with van der Waals surface area (Å²) in [5.41, 5.74) is 20.6. The Morgan fingerprint density at radius 1 is 1.04 bits per heavy atom. The fourth-order valence-electron chi connectivity index (χ4n) is 5.47. The Bertz CT molecular complexity index is 1680. The monoisotopic (exact) mass is 754 g/mol. The smallest absolute Gasteiger partial charge is 0.305 e. The van der Waals surface area contributed by atoms with E-state index in [-0.39, 0.29) is 57.0 Å². The lowest BCUT2D eigenvalue weighted by molar-refractivity contribution is -0.141. The zero-order valence-corrected chi connectivity index (χ0v) is 29.7. The molecule has 3 rings (SSSR count). The Kier molecular flexibility index (Phi) is 17.1. The molecule has 0 radical (unpaired) electrons. The third-order valence-corrected chi connectivity index (χ3v) is 8.16. The third kappa shape index (κ3) is 14.0. The van der Waals surface area contributed by atoms with E-state index in [0.29, 0.717) is 12.8 Å². The number of carboxylic acid groups (broad SMARTS) is 1. The van der Waals surface area contributed by atoms with E-state index in [1.54, 1.807) is 12.1 Å². The highest BCUT2D eigenvalue weighted by Crippen LogP contribution is 2.21. The zero-order valence-electron chi connectivity index (χ0n) is 29.7. The average Bonchev–Trinajstić information content (AvgIpc) is 3.62. The van der Waals surface area contributed by atoms with Gasteiger partial charge in [0.25, 0.3) is 0 Å². The van der Waals surface area contributed by atoms with Crippen LogP contribution in [0.3, 0.4) is 0 Å². The van der Waals surface area contributed by atoms with Crippen LogP contribution in [0.2, 0.25) is 0 Å². The number of amides is 5. The van der Waals surface area contributed by atoms with Gasteiger partial charge in [-0.2, -0.15) is 0 Å². The Morgan fingerprint density at radius 3 is 2.46 bits per heavy atom. The first-order valence-corrected chi connectivity index (χ1v) is 17.1. The summed E-state index contributed by atoms with van der Waals surface area (Å²) in [6.07, 6.45) is 2.17. The van der Waals surface area contributed by atoms with Crippen LogP contribution in [0.25, 0.3) is 10.4 Å². The molecule has 54 heavy (non-hydrogen) atoms. The van der Waals surface area contributed by atoms with Crippen LogP contribution in [0.4, 0.5) is 0 Å². The topological polar surface area (TPSA) is 336 Å². The summed E-state index contributed by atoms with van der Waals surface area (Å²) in [6.45, 7) is -0.413. The number of guanidine groups is 1. The van der Waals surface area contributed by atoms with Crippen molar-refractivity contribution in [2.24, 2.45) is 21.6 Å². The van der Waals surface area contributed by atoms with Gasteiger partial charge in [0.2, 0.25) is 29.5 Å². The summed E-state index contributed by atoms with van der Waals surface area (Å²) in [5.74, 6) is -5.04. The first kappa shape index (κ1) is 42.1. The molecule has 1 aromatic carbocycles. The van der Waals surface area contributed by atoms with Crippen molar-refractivity contribution in [1.82, 2.24) is 41.6 Å². The van der Waals surface area contributed by atoms with Gasteiger partial charge >= 0.3 is 5.97 Å². The van der Waals surface area contributed by atoms with E-state index in [2.05, 4.69) is 51.9 Å². The molecule has 1 aromatic heterocycles. The third-order valence-electron chi connectivity index (χ3n) is 8.16. The molecule has 5 amide bonds. The summed E-state index contributed by atoms with van der Waals surface area (Å²) < 4.78 is 6.23. The van der Waals surface area contributed by atoms with Crippen molar-refractivity contribution < 1.29 is 38.6 Å². The lowest BCUT2D eigenvalue weighted by Gasteiger charge is -2.24. The highest BCUT2D eigenvalue weighted by atomic mass is 16.5. The molecule has 5 atom stereocenters. The van der Waals surface area contributed by atoms with Crippen LogP contribution in [0, 0.1) is 0 Å². The number of carboxylic acids is 1. The number of hydrogen-bond donors (Lipinski definition) is 8. The minimum absolute atomic E-state index is 0.0638. The fraction of sp³-hybridized carbons (Fsp3) is 0.531. The Hall–Kier alpha value is -6.28. The molecule has 10 N–H and O–H groups in total. The quantitative estimate of drug-likeness (QED) is 0.0227. The number of unbranched alkanes of at least 4 members (excludes halogenated alkanes) is 1. The van der Waals surface area contributed by atoms with Crippen molar-refractivity contribution in [1.29, 1.82) is 0 Å². The number of azide groups is 1. The van der Waals surface area contributed by atoms with Gasteiger partial charge in [0.15, 0.2) is 5.96 Å². The molecule has 22 nitrogen and oxygen atoms in total. The van der Waals surface area contributed by atoms with Crippen molar-refractivity contribution in [2.45, 2.75) is 75.2 Å². The van der Waals surface area contributed by atoms with E-state index >= 15 is 0 Å². The highest BCUT2D eigenvalue weighted by molar-refractivity contribution is 5.94. The van der Waals surface area contributed by atoms with E-state index in [4.69, 9.17) is 21.7 Å². The molecule has 2 bridgehead atoms. The Balaban J connectivity index is 1.96. The zero-order chi connectivity index (χ0) is 39.5. The molecule has 0 spiro atoms. The molecule has 1 aliphatic rings. The van der Waals surface area contributed by atoms with Gasteiger partial charge < -0.3 is 47.9 Å². The van der Waals surface area contributed by atoms with Crippen LogP contribution in [0.1, 0.15) is 61.9 Å². The molecular weight excluding hydrogens is 708 g/mol. The van der Waals surface area contributed by atoms with Crippen LogP contribution in [-0.2, 0) is 39.9 Å². The van der Waals surface area contributed by atoms with Gasteiger partial charge in [0.05, 0.1) is 31.8 Å². The predicted octanol–water partition coefficient (Wildman–Crippen LogP) is -1.54. The summed E-state index contributed by atoms with van der Waals surface area (Å²) in [7, 11) is 1.37. The Labute approximate surface area is 309 Å². The van der Waals surface area contributed by atoms with Gasteiger partial charge in [0, 0.05) is 25.1 Å². The molecule has 1 aliphatic heterocycles. The van der Waals surface area contributed by atoms with E-state index in [1.165, 1.54) is 18.0 Å². The molecule has 0 aliphatic carbocycles. The lowest BCUT2D eigenvalue weighted by Crippen LogP contribution is -2.53.